The Hall–Kier alpha value is -1.10. The molecule has 0 atom stereocenters. The highest BCUT2D eigenvalue weighted by Crippen LogP contribution is 2.23. The molecule has 1 aromatic carbocycles. The van der Waals surface area contributed by atoms with Gasteiger partial charge < -0.3 is 5.11 Å². The fourth-order valence-electron chi connectivity index (χ4n) is 0.988. The van der Waals surface area contributed by atoms with Crippen molar-refractivity contribution in [2.75, 3.05) is 5.33 Å². The molecule has 0 unspecified atom stereocenters. The van der Waals surface area contributed by atoms with Crippen LogP contribution in [0.2, 0.25) is 0 Å². The molecule has 70 valence electrons. The van der Waals surface area contributed by atoms with Gasteiger partial charge >= 0.3 is 0 Å². The van der Waals surface area contributed by atoms with Gasteiger partial charge in [0.15, 0.2) is 0 Å². The predicted octanol–water partition coefficient (Wildman–Crippen LogP) is 2.24. The predicted molar refractivity (Wildman–Crippen MR) is 52.3 cm³/mol. The van der Waals surface area contributed by atoms with Crippen LogP contribution in [0, 0.1) is 10.1 Å². The van der Waals surface area contributed by atoms with Gasteiger partial charge in [-0.1, -0.05) is 15.9 Å². The van der Waals surface area contributed by atoms with Crippen molar-refractivity contribution in [2.45, 2.75) is 6.42 Å². The Morgan fingerprint density at radius 1 is 1.54 bits per heavy atom. The first kappa shape index (κ1) is 9.98. The average Bonchev–Trinajstić information content (AvgIpc) is 2.08. The standard InChI is InChI=1S/C8H8BrNO3/c9-4-3-6-5-7(10(12)13)1-2-8(6)11/h1-2,5,11H,3-4H2. The Balaban J connectivity index is 3.03. The lowest BCUT2D eigenvalue weighted by molar-refractivity contribution is -0.384. The molecule has 1 aromatic rings. The Morgan fingerprint density at radius 3 is 2.77 bits per heavy atom. The zero-order valence-electron chi connectivity index (χ0n) is 6.74. The summed E-state index contributed by atoms with van der Waals surface area (Å²) in [5.41, 5.74) is 0.597. The van der Waals surface area contributed by atoms with Crippen LogP contribution in [0.5, 0.6) is 5.75 Å². The second kappa shape index (κ2) is 4.23. The molecule has 1 N–H and O–H groups in total. The Bertz CT molecular complexity index is 327. The van der Waals surface area contributed by atoms with Crippen molar-refractivity contribution in [2.24, 2.45) is 0 Å². The van der Waals surface area contributed by atoms with Crippen LogP contribution in [0.15, 0.2) is 18.2 Å². The third-order valence-electron chi connectivity index (χ3n) is 1.64. The molecule has 0 spiro atoms. The molecule has 5 heteroatoms. The summed E-state index contributed by atoms with van der Waals surface area (Å²) in [6, 6.07) is 4.01. The molecule has 0 fully saturated rings. The van der Waals surface area contributed by atoms with E-state index < -0.39 is 4.92 Å². The Labute approximate surface area is 83.5 Å². The maximum atomic E-state index is 10.4. The summed E-state index contributed by atoms with van der Waals surface area (Å²) in [5.74, 6) is 0.102. The topological polar surface area (TPSA) is 63.4 Å². The number of halogens is 1. The molecule has 4 nitrogen and oxygen atoms in total. The number of aromatic hydroxyl groups is 1. The molecule has 0 aromatic heterocycles. The first-order valence-electron chi connectivity index (χ1n) is 3.67. The van der Waals surface area contributed by atoms with Crippen molar-refractivity contribution in [3.63, 3.8) is 0 Å². The molecule has 0 aliphatic carbocycles. The number of alkyl halides is 1. The van der Waals surface area contributed by atoms with E-state index in [1.54, 1.807) is 0 Å². The molecule has 0 amide bonds. The van der Waals surface area contributed by atoms with Crippen molar-refractivity contribution in [3.8, 4) is 5.75 Å². The molecule has 0 saturated heterocycles. The Kier molecular flexibility index (Phi) is 3.25. The Morgan fingerprint density at radius 2 is 2.23 bits per heavy atom. The van der Waals surface area contributed by atoms with Crippen molar-refractivity contribution in [1.82, 2.24) is 0 Å². The lowest BCUT2D eigenvalue weighted by Gasteiger charge is -2.01. The second-order valence-corrected chi connectivity index (χ2v) is 3.30. The molecule has 0 aliphatic heterocycles. The summed E-state index contributed by atoms with van der Waals surface area (Å²) >= 11 is 3.20. The quantitative estimate of drug-likeness (QED) is 0.505. The summed E-state index contributed by atoms with van der Waals surface area (Å²) in [6.07, 6.45) is 0.577. The average molecular weight is 246 g/mol. The lowest BCUT2D eigenvalue weighted by Crippen LogP contribution is -1.92. The highest BCUT2D eigenvalue weighted by molar-refractivity contribution is 9.09. The van der Waals surface area contributed by atoms with E-state index in [9.17, 15) is 15.2 Å². The number of nitrogens with zero attached hydrogens (tertiary/aromatic N) is 1. The van der Waals surface area contributed by atoms with Gasteiger partial charge in [-0.15, -0.1) is 0 Å². The van der Waals surface area contributed by atoms with E-state index >= 15 is 0 Å². The number of rotatable bonds is 3. The summed E-state index contributed by atoms with van der Waals surface area (Å²) in [6.45, 7) is 0. The third-order valence-corrected chi connectivity index (χ3v) is 2.03. The number of hydrogen-bond acceptors (Lipinski definition) is 3. The molecular weight excluding hydrogens is 238 g/mol. The number of benzene rings is 1. The molecule has 1 rings (SSSR count). The molecule has 0 heterocycles. The zero-order valence-corrected chi connectivity index (χ0v) is 8.32. The van der Waals surface area contributed by atoms with Gasteiger partial charge in [-0.25, -0.2) is 0 Å². The first-order valence-corrected chi connectivity index (χ1v) is 4.79. The van der Waals surface area contributed by atoms with E-state index in [1.165, 1.54) is 18.2 Å². The number of phenols is 1. The van der Waals surface area contributed by atoms with E-state index in [4.69, 9.17) is 0 Å². The fraction of sp³-hybridized carbons (Fsp3) is 0.250. The van der Waals surface area contributed by atoms with Crippen molar-refractivity contribution < 1.29 is 10.0 Å². The number of aryl methyl sites for hydroxylation is 1. The monoisotopic (exact) mass is 245 g/mol. The summed E-state index contributed by atoms with van der Waals surface area (Å²) in [7, 11) is 0. The number of non-ortho nitro benzene ring substituents is 1. The molecule has 0 saturated carbocycles. The smallest absolute Gasteiger partial charge is 0.269 e. The summed E-state index contributed by atoms with van der Waals surface area (Å²) < 4.78 is 0. The van der Waals surface area contributed by atoms with E-state index in [2.05, 4.69) is 15.9 Å². The fourth-order valence-corrected chi connectivity index (χ4v) is 1.41. The van der Waals surface area contributed by atoms with Crippen LogP contribution in [0.3, 0.4) is 0 Å². The highest BCUT2D eigenvalue weighted by Gasteiger charge is 2.09. The minimum atomic E-state index is -0.475. The minimum absolute atomic E-state index is 0.00810. The van der Waals surface area contributed by atoms with Crippen LogP contribution in [0.1, 0.15) is 5.56 Å². The van der Waals surface area contributed by atoms with Gasteiger partial charge in [-0.05, 0) is 12.5 Å². The maximum Gasteiger partial charge on any atom is 0.269 e. The van der Waals surface area contributed by atoms with Crippen molar-refractivity contribution in [1.29, 1.82) is 0 Å². The largest absolute Gasteiger partial charge is 0.508 e. The molecule has 0 bridgehead atoms. The minimum Gasteiger partial charge on any atom is -0.508 e. The third kappa shape index (κ3) is 2.42. The normalized spacial score (nSPS) is 9.92. The van der Waals surface area contributed by atoms with Gasteiger partial charge in [0.25, 0.3) is 5.69 Å². The van der Waals surface area contributed by atoms with Crippen molar-refractivity contribution >= 4 is 21.6 Å². The number of phenolic OH excluding ortho intramolecular Hbond substituents is 1. The number of hydrogen-bond donors (Lipinski definition) is 1. The van der Waals surface area contributed by atoms with Crippen LogP contribution in [-0.2, 0) is 6.42 Å². The molecular formula is C8H8BrNO3. The summed E-state index contributed by atoms with van der Waals surface area (Å²) in [4.78, 5) is 9.91. The van der Waals surface area contributed by atoms with Gasteiger partial charge in [0, 0.05) is 23.0 Å². The maximum absolute atomic E-state index is 10.4. The van der Waals surface area contributed by atoms with E-state index in [1.807, 2.05) is 0 Å². The summed E-state index contributed by atoms with van der Waals surface area (Å²) in [5, 5.41) is 20.4. The molecule has 0 aliphatic rings. The van der Waals surface area contributed by atoms with Crippen LogP contribution in [-0.4, -0.2) is 15.4 Å². The van der Waals surface area contributed by atoms with Gasteiger partial charge in [-0.2, -0.15) is 0 Å². The number of nitro benzene ring substituents is 1. The van der Waals surface area contributed by atoms with E-state index in [-0.39, 0.29) is 11.4 Å². The van der Waals surface area contributed by atoms with Gasteiger partial charge in [0.05, 0.1) is 4.92 Å². The number of nitro groups is 1. The second-order valence-electron chi connectivity index (χ2n) is 2.51. The van der Waals surface area contributed by atoms with E-state index in [0.717, 1.165) is 0 Å². The van der Waals surface area contributed by atoms with Gasteiger partial charge in [0.2, 0.25) is 0 Å². The SMILES string of the molecule is O=[N+]([O-])c1ccc(O)c(CCBr)c1. The van der Waals surface area contributed by atoms with Crippen LogP contribution < -0.4 is 0 Å². The van der Waals surface area contributed by atoms with Gasteiger partial charge in [-0.3, -0.25) is 10.1 Å². The van der Waals surface area contributed by atoms with Crippen LogP contribution in [0.25, 0.3) is 0 Å². The molecule has 0 radical (unpaired) electrons. The first-order chi connectivity index (χ1) is 6.15. The van der Waals surface area contributed by atoms with Gasteiger partial charge in [0.1, 0.15) is 5.75 Å². The molecule has 13 heavy (non-hydrogen) atoms. The van der Waals surface area contributed by atoms with E-state index in [0.29, 0.717) is 17.3 Å². The van der Waals surface area contributed by atoms with Crippen LogP contribution >= 0.6 is 15.9 Å². The highest BCUT2D eigenvalue weighted by atomic mass is 79.9. The lowest BCUT2D eigenvalue weighted by atomic mass is 10.1. The van der Waals surface area contributed by atoms with Crippen LogP contribution in [0.4, 0.5) is 5.69 Å². The van der Waals surface area contributed by atoms with Crippen molar-refractivity contribution in [3.05, 3.63) is 33.9 Å². The zero-order chi connectivity index (χ0) is 9.84.